The zero-order chi connectivity index (χ0) is 22.3. The lowest BCUT2D eigenvalue weighted by atomic mass is 9.98. The summed E-state index contributed by atoms with van der Waals surface area (Å²) in [5, 5.41) is 3.35. The summed E-state index contributed by atoms with van der Waals surface area (Å²) >= 11 is 6.21. The number of halogens is 1. The number of anilines is 2. The lowest BCUT2D eigenvalue weighted by Gasteiger charge is -2.34. The Morgan fingerprint density at radius 1 is 1.00 bits per heavy atom. The number of amides is 1. The van der Waals surface area contributed by atoms with Gasteiger partial charge in [-0.2, -0.15) is 0 Å². The van der Waals surface area contributed by atoms with Crippen molar-refractivity contribution >= 4 is 39.9 Å². The first-order valence-corrected chi connectivity index (χ1v) is 10.7. The second-order valence-electron chi connectivity index (χ2n) is 8.19. The van der Waals surface area contributed by atoms with Gasteiger partial charge in [0.05, 0.1) is 33.0 Å². The highest BCUT2D eigenvalue weighted by molar-refractivity contribution is 6.34. The molecule has 1 aliphatic rings. The first-order chi connectivity index (χ1) is 14.8. The van der Waals surface area contributed by atoms with Crippen LogP contribution in [0.15, 0.2) is 46.0 Å². The molecule has 0 atom stereocenters. The molecule has 2 heterocycles. The predicted molar refractivity (Wildman–Crippen MR) is 124 cm³/mol. The molecule has 0 spiro atoms. The molecule has 8 heteroatoms. The van der Waals surface area contributed by atoms with E-state index in [4.69, 9.17) is 11.6 Å². The van der Waals surface area contributed by atoms with E-state index < -0.39 is 11.1 Å². The highest BCUT2D eigenvalue weighted by Crippen LogP contribution is 2.34. The molecule has 1 aliphatic heterocycles. The van der Waals surface area contributed by atoms with Crippen molar-refractivity contribution in [3.05, 3.63) is 67.7 Å². The lowest BCUT2D eigenvalue weighted by Crippen LogP contribution is -2.39. The summed E-state index contributed by atoms with van der Waals surface area (Å²) in [4.78, 5) is 39.9. The average molecular weight is 441 g/mol. The van der Waals surface area contributed by atoms with E-state index in [0.29, 0.717) is 33.2 Å². The first-order valence-electron chi connectivity index (χ1n) is 10.3. The molecule has 2 aromatic carbocycles. The minimum atomic E-state index is -0.613. The van der Waals surface area contributed by atoms with Crippen LogP contribution < -0.4 is 21.3 Å². The largest absolute Gasteiger partial charge is 0.370 e. The van der Waals surface area contributed by atoms with Crippen LogP contribution in [-0.4, -0.2) is 28.1 Å². The number of nitrogens with zero attached hydrogens (tertiary/aromatic N) is 3. The molecular weight excluding hydrogens is 416 g/mol. The Hall–Kier alpha value is -3.06. The molecule has 0 unspecified atom stereocenters. The van der Waals surface area contributed by atoms with E-state index in [9.17, 15) is 14.4 Å². The van der Waals surface area contributed by atoms with E-state index in [1.54, 1.807) is 44.4 Å². The van der Waals surface area contributed by atoms with Crippen LogP contribution in [0.4, 0.5) is 11.4 Å². The van der Waals surface area contributed by atoms with Crippen molar-refractivity contribution in [2.24, 2.45) is 20.0 Å². The molecule has 1 N–H and O–H groups in total. The topological polar surface area (TPSA) is 76.3 Å². The second-order valence-corrected chi connectivity index (χ2v) is 8.60. The van der Waals surface area contributed by atoms with Gasteiger partial charge in [-0.05, 0) is 43.0 Å². The van der Waals surface area contributed by atoms with Gasteiger partial charge in [-0.15, -0.1) is 0 Å². The normalized spacial score (nSPS) is 14.8. The zero-order valence-corrected chi connectivity index (χ0v) is 18.6. The summed E-state index contributed by atoms with van der Waals surface area (Å²) < 4.78 is 2.69. The van der Waals surface area contributed by atoms with Gasteiger partial charge in [0.15, 0.2) is 0 Å². The Morgan fingerprint density at radius 2 is 1.58 bits per heavy atom. The quantitative estimate of drug-likeness (QED) is 0.633. The van der Waals surface area contributed by atoms with Crippen molar-refractivity contribution < 1.29 is 4.79 Å². The third kappa shape index (κ3) is 3.85. The highest BCUT2D eigenvalue weighted by atomic mass is 35.5. The second kappa shape index (κ2) is 8.23. The maximum atomic E-state index is 13.0. The molecule has 1 fully saturated rings. The number of fused-ring (bicyclic) bond motifs is 1. The number of hydrogen-bond donors (Lipinski definition) is 1. The fourth-order valence-corrected chi connectivity index (χ4v) is 4.28. The fourth-order valence-electron chi connectivity index (χ4n) is 4.06. The molecule has 0 saturated carbocycles. The van der Waals surface area contributed by atoms with Crippen molar-refractivity contribution in [1.82, 2.24) is 9.13 Å². The summed E-state index contributed by atoms with van der Waals surface area (Å²) in [6.45, 7) is 3.93. The maximum Gasteiger partial charge on any atom is 0.316 e. The third-order valence-corrected chi connectivity index (χ3v) is 6.43. The van der Waals surface area contributed by atoms with Gasteiger partial charge in [-0.1, -0.05) is 30.7 Å². The van der Waals surface area contributed by atoms with Gasteiger partial charge in [0.25, 0.3) is 5.91 Å². The van der Waals surface area contributed by atoms with Crippen molar-refractivity contribution in [3.63, 3.8) is 0 Å². The van der Waals surface area contributed by atoms with Gasteiger partial charge in [-0.3, -0.25) is 14.4 Å². The first kappa shape index (κ1) is 21.2. The lowest BCUT2D eigenvalue weighted by molar-refractivity contribution is 0.102. The molecule has 1 amide bonds. The van der Waals surface area contributed by atoms with Crippen LogP contribution in [0.25, 0.3) is 11.0 Å². The van der Waals surface area contributed by atoms with Crippen LogP contribution in [-0.2, 0) is 14.1 Å². The van der Waals surface area contributed by atoms with Crippen LogP contribution >= 0.6 is 11.6 Å². The Morgan fingerprint density at radius 3 is 2.19 bits per heavy atom. The van der Waals surface area contributed by atoms with Crippen molar-refractivity contribution in [2.45, 2.75) is 19.8 Å². The number of hydrogen-bond acceptors (Lipinski definition) is 4. The molecule has 31 heavy (non-hydrogen) atoms. The summed E-state index contributed by atoms with van der Waals surface area (Å²) in [5.74, 6) is 0.314. The van der Waals surface area contributed by atoms with Gasteiger partial charge in [0.1, 0.15) is 0 Å². The zero-order valence-electron chi connectivity index (χ0n) is 17.8. The highest BCUT2D eigenvalue weighted by Gasteiger charge is 2.22. The minimum Gasteiger partial charge on any atom is -0.370 e. The Bertz CT molecular complexity index is 1290. The Kier molecular flexibility index (Phi) is 5.62. The molecule has 162 valence electrons. The van der Waals surface area contributed by atoms with E-state index in [-0.39, 0.29) is 5.91 Å². The minimum absolute atomic E-state index is 0.327. The molecule has 3 aromatic rings. The molecule has 7 nitrogen and oxygen atoms in total. The van der Waals surface area contributed by atoms with E-state index in [1.807, 2.05) is 6.07 Å². The maximum absolute atomic E-state index is 13.0. The molecule has 0 radical (unpaired) electrons. The summed E-state index contributed by atoms with van der Waals surface area (Å²) in [7, 11) is 3.16. The smallest absolute Gasteiger partial charge is 0.316 e. The van der Waals surface area contributed by atoms with Crippen LogP contribution in [0.1, 0.15) is 30.1 Å². The van der Waals surface area contributed by atoms with Gasteiger partial charge in [0, 0.05) is 27.2 Å². The van der Waals surface area contributed by atoms with Gasteiger partial charge >= 0.3 is 11.1 Å². The number of piperidine rings is 1. The van der Waals surface area contributed by atoms with Crippen molar-refractivity contribution in [1.29, 1.82) is 0 Å². The number of benzene rings is 2. The Balaban J connectivity index is 1.88. The van der Waals surface area contributed by atoms with Gasteiger partial charge in [-0.25, -0.2) is 0 Å². The fraction of sp³-hybridized carbons (Fsp3) is 0.348. The molecule has 0 bridgehead atoms. The number of rotatable bonds is 3. The van der Waals surface area contributed by atoms with Crippen molar-refractivity contribution in [3.8, 4) is 0 Å². The monoisotopic (exact) mass is 440 g/mol. The van der Waals surface area contributed by atoms with Crippen LogP contribution in [0, 0.1) is 5.92 Å². The Labute approximate surface area is 184 Å². The summed E-state index contributed by atoms with van der Waals surface area (Å²) in [6, 6.07) is 10.5. The van der Waals surface area contributed by atoms with Crippen LogP contribution in [0.3, 0.4) is 0 Å². The van der Waals surface area contributed by atoms with Gasteiger partial charge < -0.3 is 19.4 Å². The number of aromatic nitrogens is 2. The van der Waals surface area contributed by atoms with E-state index in [0.717, 1.165) is 31.6 Å². The number of carbonyl (C=O) groups is 1. The predicted octanol–water partition coefficient (Wildman–Crippen LogP) is 3.38. The number of nitrogens with one attached hydrogen (secondary N) is 1. The molecule has 1 saturated heterocycles. The summed E-state index contributed by atoms with van der Waals surface area (Å²) in [5.41, 5.74) is 1.79. The number of aryl methyl sites for hydroxylation is 2. The van der Waals surface area contributed by atoms with Crippen molar-refractivity contribution in [2.75, 3.05) is 23.3 Å². The third-order valence-electron chi connectivity index (χ3n) is 6.10. The molecule has 0 aliphatic carbocycles. The molecule has 1 aromatic heterocycles. The van der Waals surface area contributed by atoms with Crippen LogP contribution in [0.2, 0.25) is 5.02 Å². The SMILES string of the molecule is CC1CCN(c2cc3c(cc2NC(=O)c2ccccc2Cl)n(C)c(=O)c(=O)n3C)CC1. The number of carbonyl (C=O) groups excluding carboxylic acids is 1. The molecule has 4 rings (SSSR count). The van der Waals surface area contributed by atoms with E-state index in [1.165, 1.54) is 9.13 Å². The summed E-state index contributed by atoms with van der Waals surface area (Å²) in [6.07, 6.45) is 2.09. The average Bonchev–Trinajstić information content (AvgIpc) is 2.77. The van der Waals surface area contributed by atoms with Gasteiger partial charge in [0.2, 0.25) is 0 Å². The van der Waals surface area contributed by atoms with Crippen LogP contribution in [0.5, 0.6) is 0 Å². The van der Waals surface area contributed by atoms with E-state index >= 15 is 0 Å². The molecular formula is C23H25ClN4O3. The standard InChI is InChI=1S/C23H25ClN4O3/c1-14-8-10-28(11-9-14)18-13-20-19(26(2)22(30)23(31)27(20)3)12-17(18)25-21(29)15-6-4-5-7-16(15)24/h4-7,12-14H,8-11H2,1-3H3,(H,25,29). The van der Waals surface area contributed by atoms with E-state index in [2.05, 4.69) is 17.1 Å².